The highest BCUT2D eigenvalue weighted by Crippen LogP contribution is 2.29. The molecule has 1 N–H and O–H groups in total. The molecule has 0 saturated carbocycles. The zero-order valence-corrected chi connectivity index (χ0v) is 11.2. The number of nitrogens with one attached hydrogen (secondary N) is 1. The van der Waals surface area contributed by atoms with Crippen LogP contribution >= 0.6 is 0 Å². The molecule has 2 saturated heterocycles. The van der Waals surface area contributed by atoms with Crippen LogP contribution in [0.5, 0.6) is 0 Å². The van der Waals surface area contributed by atoms with E-state index in [1.807, 2.05) is 7.05 Å². The first-order chi connectivity index (χ1) is 8.24. The number of ether oxygens (including phenoxy) is 2. The van der Waals surface area contributed by atoms with Gasteiger partial charge in [-0.15, -0.1) is 0 Å². The minimum Gasteiger partial charge on any atom is -0.381 e. The molecular weight excluding hydrogens is 216 g/mol. The summed E-state index contributed by atoms with van der Waals surface area (Å²) in [6.07, 6.45) is 2.85. The van der Waals surface area contributed by atoms with E-state index in [2.05, 4.69) is 17.1 Å². The summed E-state index contributed by atoms with van der Waals surface area (Å²) in [5.74, 6) is 0. The van der Waals surface area contributed by atoms with Crippen LogP contribution < -0.4 is 5.32 Å². The average molecular weight is 242 g/mol. The molecule has 0 amide bonds. The van der Waals surface area contributed by atoms with Crippen molar-refractivity contribution in [1.82, 2.24) is 10.2 Å². The lowest BCUT2D eigenvalue weighted by molar-refractivity contribution is -0.0635. The van der Waals surface area contributed by atoms with Crippen LogP contribution in [0.3, 0.4) is 0 Å². The zero-order valence-electron chi connectivity index (χ0n) is 11.2. The van der Waals surface area contributed by atoms with Gasteiger partial charge in [-0.3, -0.25) is 4.90 Å². The summed E-state index contributed by atoms with van der Waals surface area (Å²) in [5, 5.41) is 3.34. The second-order valence-corrected chi connectivity index (χ2v) is 5.60. The van der Waals surface area contributed by atoms with Crippen LogP contribution in [-0.2, 0) is 9.47 Å². The summed E-state index contributed by atoms with van der Waals surface area (Å²) in [6.45, 7) is 9.19. The Morgan fingerprint density at radius 3 is 2.94 bits per heavy atom. The number of nitrogens with zero attached hydrogens (tertiary/aromatic N) is 1. The molecule has 0 aromatic carbocycles. The summed E-state index contributed by atoms with van der Waals surface area (Å²) in [6, 6.07) is 0. The largest absolute Gasteiger partial charge is 0.381 e. The van der Waals surface area contributed by atoms with Crippen molar-refractivity contribution in [3.05, 3.63) is 0 Å². The third-order valence-corrected chi connectivity index (χ3v) is 3.84. The molecule has 0 spiro atoms. The van der Waals surface area contributed by atoms with Crippen molar-refractivity contribution in [2.24, 2.45) is 5.41 Å². The fourth-order valence-corrected chi connectivity index (χ4v) is 3.11. The number of hydrogen-bond donors (Lipinski definition) is 1. The van der Waals surface area contributed by atoms with Crippen molar-refractivity contribution < 1.29 is 9.47 Å². The Balaban J connectivity index is 1.91. The molecule has 4 heteroatoms. The SMILES string of the molecule is CNCC1(CN2CCOC(C)C2)CCCOC1. The van der Waals surface area contributed by atoms with Crippen molar-refractivity contribution in [3.8, 4) is 0 Å². The Hall–Kier alpha value is -0.160. The molecule has 100 valence electrons. The van der Waals surface area contributed by atoms with Gasteiger partial charge in [0.15, 0.2) is 0 Å². The van der Waals surface area contributed by atoms with Gasteiger partial charge in [0, 0.05) is 38.2 Å². The molecule has 4 nitrogen and oxygen atoms in total. The minimum absolute atomic E-state index is 0.310. The summed E-state index contributed by atoms with van der Waals surface area (Å²) in [4.78, 5) is 2.54. The quantitative estimate of drug-likeness (QED) is 0.788. The predicted molar refractivity (Wildman–Crippen MR) is 68.3 cm³/mol. The molecule has 17 heavy (non-hydrogen) atoms. The Morgan fingerprint density at radius 2 is 2.29 bits per heavy atom. The fourth-order valence-electron chi connectivity index (χ4n) is 3.11. The Morgan fingerprint density at radius 1 is 1.41 bits per heavy atom. The third kappa shape index (κ3) is 3.65. The smallest absolute Gasteiger partial charge is 0.0674 e. The van der Waals surface area contributed by atoms with Gasteiger partial charge in [-0.1, -0.05) is 0 Å². The van der Waals surface area contributed by atoms with Gasteiger partial charge in [0.05, 0.1) is 19.3 Å². The molecule has 2 atom stereocenters. The summed E-state index contributed by atoms with van der Waals surface area (Å²) >= 11 is 0. The molecule has 2 aliphatic heterocycles. The van der Waals surface area contributed by atoms with E-state index in [9.17, 15) is 0 Å². The Labute approximate surface area is 105 Å². The molecule has 2 unspecified atom stereocenters. The first kappa shape index (κ1) is 13.3. The van der Waals surface area contributed by atoms with Crippen LogP contribution in [-0.4, -0.2) is 64.1 Å². The second-order valence-electron chi connectivity index (χ2n) is 5.60. The molecule has 2 fully saturated rings. The van der Waals surface area contributed by atoms with Crippen molar-refractivity contribution in [1.29, 1.82) is 0 Å². The van der Waals surface area contributed by atoms with E-state index in [1.54, 1.807) is 0 Å². The molecule has 2 aliphatic rings. The summed E-state index contributed by atoms with van der Waals surface area (Å²) < 4.78 is 11.3. The molecule has 0 aromatic rings. The lowest BCUT2D eigenvalue weighted by Crippen LogP contribution is -2.52. The van der Waals surface area contributed by atoms with E-state index in [4.69, 9.17) is 9.47 Å². The van der Waals surface area contributed by atoms with Crippen LogP contribution in [0.15, 0.2) is 0 Å². The van der Waals surface area contributed by atoms with Crippen molar-refractivity contribution in [2.75, 3.05) is 53.0 Å². The van der Waals surface area contributed by atoms with Crippen molar-refractivity contribution in [3.63, 3.8) is 0 Å². The van der Waals surface area contributed by atoms with Gasteiger partial charge >= 0.3 is 0 Å². The first-order valence-electron chi connectivity index (χ1n) is 6.80. The van der Waals surface area contributed by atoms with Crippen LogP contribution in [0.2, 0.25) is 0 Å². The molecule has 0 bridgehead atoms. The maximum atomic E-state index is 5.71. The number of rotatable bonds is 4. The lowest BCUT2D eigenvalue weighted by Gasteiger charge is -2.42. The highest BCUT2D eigenvalue weighted by Gasteiger charge is 2.35. The Kier molecular flexibility index (Phi) is 4.79. The normalized spacial score (nSPS) is 36.0. The van der Waals surface area contributed by atoms with Gasteiger partial charge in [0.2, 0.25) is 0 Å². The van der Waals surface area contributed by atoms with Crippen LogP contribution in [0.4, 0.5) is 0 Å². The van der Waals surface area contributed by atoms with E-state index in [-0.39, 0.29) is 0 Å². The topological polar surface area (TPSA) is 33.7 Å². The number of hydrogen-bond acceptors (Lipinski definition) is 4. The maximum absolute atomic E-state index is 5.71. The fraction of sp³-hybridized carbons (Fsp3) is 1.00. The van der Waals surface area contributed by atoms with Gasteiger partial charge in [0.1, 0.15) is 0 Å². The standard InChI is InChI=1S/C13H26N2O2/c1-12-8-15(5-7-17-12)10-13(9-14-2)4-3-6-16-11-13/h12,14H,3-11H2,1-2H3. The van der Waals surface area contributed by atoms with Gasteiger partial charge in [-0.25, -0.2) is 0 Å². The molecule has 0 radical (unpaired) electrons. The molecule has 2 heterocycles. The van der Waals surface area contributed by atoms with Crippen LogP contribution in [0.25, 0.3) is 0 Å². The number of morpholine rings is 1. The predicted octanol–water partition coefficient (Wildman–Crippen LogP) is 0.723. The van der Waals surface area contributed by atoms with Gasteiger partial charge in [0.25, 0.3) is 0 Å². The van der Waals surface area contributed by atoms with Gasteiger partial charge < -0.3 is 14.8 Å². The first-order valence-corrected chi connectivity index (χ1v) is 6.80. The van der Waals surface area contributed by atoms with E-state index in [0.29, 0.717) is 11.5 Å². The molecular formula is C13H26N2O2. The van der Waals surface area contributed by atoms with Crippen LogP contribution in [0, 0.1) is 5.41 Å². The van der Waals surface area contributed by atoms with E-state index >= 15 is 0 Å². The Bertz CT molecular complexity index is 224. The summed E-state index contributed by atoms with van der Waals surface area (Å²) in [5.41, 5.74) is 0.310. The zero-order chi connectivity index (χ0) is 12.1. The monoisotopic (exact) mass is 242 g/mol. The van der Waals surface area contributed by atoms with E-state index in [1.165, 1.54) is 12.8 Å². The van der Waals surface area contributed by atoms with E-state index < -0.39 is 0 Å². The lowest BCUT2D eigenvalue weighted by atomic mass is 9.81. The van der Waals surface area contributed by atoms with Gasteiger partial charge in [-0.2, -0.15) is 0 Å². The second kappa shape index (κ2) is 6.14. The van der Waals surface area contributed by atoms with Gasteiger partial charge in [-0.05, 0) is 26.8 Å². The maximum Gasteiger partial charge on any atom is 0.0674 e. The van der Waals surface area contributed by atoms with Crippen LogP contribution in [0.1, 0.15) is 19.8 Å². The molecule has 0 aliphatic carbocycles. The highest BCUT2D eigenvalue weighted by atomic mass is 16.5. The average Bonchev–Trinajstić information content (AvgIpc) is 2.30. The molecule has 2 rings (SSSR count). The van der Waals surface area contributed by atoms with Crippen molar-refractivity contribution in [2.45, 2.75) is 25.9 Å². The third-order valence-electron chi connectivity index (χ3n) is 3.84. The summed E-state index contributed by atoms with van der Waals surface area (Å²) in [7, 11) is 2.04. The van der Waals surface area contributed by atoms with Crippen molar-refractivity contribution >= 4 is 0 Å². The molecule has 0 aromatic heterocycles. The minimum atomic E-state index is 0.310. The van der Waals surface area contributed by atoms with E-state index in [0.717, 1.165) is 46.0 Å². The highest BCUT2D eigenvalue weighted by molar-refractivity contribution is 4.88.